The van der Waals surface area contributed by atoms with E-state index in [-0.39, 0.29) is 12.4 Å². The molecule has 0 amide bonds. The van der Waals surface area contributed by atoms with Crippen molar-refractivity contribution in [3.63, 3.8) is 0 Å². The second-order valence-electron chi connectivity index (χ2n) is 10.6. The average molecular weight is 588 g/mol. The summed E-state index contributed by atoms with van der Waals surface area (Å²) >= 11 is 0. The van der Waals surface area contributed by atoms with Crippen LogP contribution in [0.1, 0.15) is 71.7 Å². The van der Waals surface area contributed by atoms with E-state index < -0.39 is 12.1 Å². The second-order valence-corrected chi connectivity index (χ2v) is 10.6. The number of aromatic carboxylic acids is 1. The SMILES string of the molecule is O=C(O)c1cccc2ccccc12.OCc1cc(C(O)CNCCCCCCOCCCCc2ccccc2)ccc1O. The maximum atomic E-state index is 10.8. The predicted octanol–water partition coefficient (Wildman–Crippen LogP) is 6.65. The lowest BCUT2D eigenvalue weighted by Crippen LogP contribution is -2.22. The third kappa shape index (κ3) is 12.2. The molecular formula is C36H45NO6. The first-order valence-corrected chi connectivity index (χ1v) is 15.1. The Labute approximate surface area is 254 Å². The van der Waals surface area contributed by atoms with Gasteiger partial charge in [0.2, 0.25) is 0 Å². The number of carboxylic acid groups (broad SMARTS) is 1. The van der Waals surface area contributed by atoms with E-state index in [2.05, 4.69) is 35.6 Å². The van der Waals surface area contributed by atoms with E-state index in [4.69, 9.17) is 9.84 Å². The van der Waals surface area contributed by atoms with Crippen molar-refractivity contribution in [3.05, 3.63) is 113 Å². The molecule has 0 aliphatic heterocycles. The molecule has 0 spiro atoms. The van der Waals surface area contributed by atoms with Gasteiger partial charge in [0.15, 0.2) is 0 Å². The number of aliphatic hydroxyl groups is 2. The molecule has 5 N–H and O–H groups in total. The number of aliphatic hydroxyl groups excluding tert-OH is 2. The normalized spacial score (nSPS) is 11.6. The summed E-state index contributed by atoms with van der Waals surface area (Å²) in [5, 5.41) is 42.9. The van der Waals surface area contributed by atoms with Crippen LogP contribution in [0.4, 0.5) is 0 Å². The van der Waals surface area contributed by atoms with E-state index in [1.165, 1.54) is 18.1 Å². The monoisotopic (exact) mass is 587 g/mol. The standard InChI is InChI=1S/C25H37NO4.C11H8O2/c27-20-23-18-22(13-14-24(23)28)25(29)19-26-15-7-1-2-8-16-30-17-9-6-12-21-10-4-3-5-11-21;12-11(13)10-7-3-5-8-4-1-2-6-9(8)10/h3-5,10-11,13-14,18,25-29H,1-2,6-9,12,15-17,19-20H2;1-7H,(H,12,13). The molecule has 1 unspecified atom stereocenters. The molecule has 4 rings (SSSR count). The fraction of sp³-hybridized carbons (Fsp3) is 0.361. The first-order chi connectivity index (χ1) is 21.0. The predicted molar refractivity (Wildman–Crippen MR) is 171 cm³/mol. The number of phenols is 1. The number of nitrogens with one attached hydrogen (secondary N) is 1. The van der Waals surface area contributed by atoms with Crippen molar-refractivity contribution in [2.75, 3.05) is 26.3 Å². The van der Waals surface area contributed by atoms with Gasteiger partial charge in [-0.1, -0.05) is 85.6 Å². The van der Waals surface area contributed by atoms with E-state index in [1.807, 2.05) is 30.3 Å². The van der Waals surface area contributed by atoms with Crippen LogP contribution in [0.25, 0.3) is 10.8 Å². The van der Waals surface area contributed by atoms with Crippen LogP contribution in [0.5, 0.6) is 5.75 Å². The molecule has 0 radical (unpaired) electrons. The highest BCUT2D eigenvalue weighted by Gasteiger charge is 2.10. The number of rotatable bonds is 17. The molecule has 7 heteroatoms. The van der Waals surface area contributed by atoms with Crippen LogP contribution in [0.3, 0.4) is 0 Å². The number of aromatic hydroxyl groups is 1. The fourth-order valence-corrected chi connectivity index (χ4v) is 4.80. The molecule has 4 aromatic carbocycles. The molecule has 0 aliphatic carbocycles. The Bertz CT molecular complexity index is 1360. The van der Waals surface area contributed by atoms with Gasteiger partial charge in [0.05, 0.1) is 18.3 Å². The highest BCUT2D eigenvalue weighted by atomic mass is 16.5. The van der Waals surface area contributed by atoms with Gasteiger partial charge in [0.25, 0.3) is 0 Å². The zero-order valence-corrected chi connectivity index (χ0v) is 24.8. The van der Waals surface area contributed by atoms with Crippen LogP contribution >= 0.6 is 0 Å². The third-order valence-corrected chi connectivity index (χ3v) is 7.26. The van der Waals surface area contributed by atoms with Crippen LogP contribution in [-0.2, 0) is 17.8 Å². The molecule has 0 aromatic heterocycles. The molecule has 0 aliphatic rings. The molecule has 1 atom stereocenters. The van der Waals surface area contributed by atoms with Gasteiger partial charge in [0.1, 0.15) is 5.75 Å². The van der Waals surface area contributed by atoms with Gasteiger partial charge >= 0.3 is 5.97 Å². The Kier molecular flexibility index (Phi) is 15.3. The van der Waals surface area contributed by atoms with Gasteiger partial charge in [0, 0.05) is 25.3 Å². The molecule has 230 valence electrons. The molecule has 0 fully saturated rings. The molecular weight excluding hydrogens is 542 g/mol. The van der Waals surface area contributed by atoms with E-state index in [0.717, 1.165) is 69.1 Å². The van der Waals surface area contributed by atoms with E-state index >= 15 is 0 Å². The summed E-state index contributed by atoms with van der Waals surface area (Å²) in [6.45, 7) is 2.77. The van der Waals surface area contributed by atoms with Crippen LogP contribution in [0.2, 0.25) is 0 Å². The Morgan fingerprint density at radius 2 is 1.49 bits per heavy atom. The van der Waals surface area contributed by atoms with E-state index in [1.54, 1.807) is 24.3 Å². The number of unbranched alkanes of at least 4 members (excludes halogenated alkanes) is 4. The van der Waals surface area contributed by atoms with Gasteiger partial charge in [-0.3, -0.25) is 0 Å². The number of fused-ring (bicyclic) bond motifs is 1. The second kappa shape index (κ2) is 19.4. The topological polar surface area (TPSA) is 119 Å². The van der Waals surface area contributed by atoms with Gasteiger partial charge in [-0.25, -0.2) is 4.79 Å². The maximum absolute atomic E-state index is 10.8. The summed E-state index contributed by atoms with van der Waals surface area (Å²) in [5.74, 6) is -0.825. The fourth-order valence-electron chi connectivity index (χ4n) is 4.80. The molecule has 0 heterocycles. The van der Waals surface area contributed by atoms with E-state index in [0.29, 0.717) is 23.2 Å². The summed E-state index contributed by atoms with van der Waals surface area (Å²) in [6.07, 6.45) is 7.24. The van der Waals surface area contributed by atoms with Crippen LogP contribution < -0.4 is 5.32 Å². The quantitative estimate of drug-likeness (QED) is 0.0878. The number of ether oxygens (including phenoxy) is 1. The molecule has 0 bridgehead atoms. The third-order valence-electron chi connectivity index (χ3n) is 7.26. The number of carboxylic acids is 1. The maximum Gasteiger partial charge on any atom is 0.336 e. The Hall–Kier alpha value is -3.75. The van der Waals surface area contributed by atoms with Crippen molar-refractivity contribution >= 4 is 16.7 Å². The number of carbonyl (C=O) groups is 1. The average Bonchev–Trinajstić information content (AvgIpc) is 3.03. The van der Waals surface area contributed by atoms with Crippen molar-refractivity contribution in [2.45, 2.75) is 57.7 Å². The molecule has 0 saturated carbocycles. The number of hydrogen-bond donors (Lipinski definition) is 5. The molecule has 7 nitrogen and oxygen atoms in total. The molecule has 4 aromatic rings. The van der Waals surface area contributed by atoms with Gasteiger partial charge in [-0.05, 0) is 78.7 Å². The molecule has 0 saturated heterocycles. The van der Waals surface area contributed by atoms with Crippen molar-refractivity contribution in [2.24, 2.45) is 0 Å². The lowest BCUT2D eigenvalue weighted by molar-refractivity contribution is 0.0699. The summed E-state index contributed by atoms with van der Waals surface area (Å²) in [4.78, 5) is 10.8. The first-order valence-electron chi connectivity index (χ1n) is 15.1. The minimum Gasteiger partial charge on any atom is -0.508 e. The number of benzene rings is 4. The van der Waals surface area contributed by atoms with Crippen LogP contribution in [0, 0.1) is 0 Å². The highest BCUT2D eigenvalue weighted by molar-refractivity contribution is 6.03. The number of aryl methyl sites for hydroxylation is 1. The summed E-state index contributed by atoms with van der Waals surface area (Å²) in [6, 6.07) is 28.2. The lowest BCUT2D eigenvalue weighted by Gasteiger charge is -2.14. The van der Waals surface area contributed by atoms with E-state index in [9.17, 15) is 20.1 Å². The van der Waals surface area contributed by atoms with Crippen molar-refractivity contribution in [1.82, 2.24) is 5.32 Å². The Morgan fingerprint density at radius 3 is 2.26 bits per heavy atom. The summed E-state index contributed by atoms with van der Waals surface area (Å²) in [7, 11) is 0. The summed E-state index contributed by atoms with van der Waals surface area (Å²) < 4.78 is 5.72. The minimum atomic E-state index is -0.878. The van der Waals surface area contributed by atoms with Crippen LogP contribution in [0.15, 0.2) is 91.0 Å². The Balaban J connectivity index is 0.000000321. The zero-order valence-electron chi connectivity index (χ0n) is 24.8. The van der Waals surface area contributed by atoms with Gasteiger partial charge in [-0.2, -0.15) is 0 Å². The largest absolute Gasteiger partial charge is 0.508 e. The van der Waals surface area contributed by atoms with Crippen molar-refractivity contribution in [1.29, 1.82) is 0 Å². The Morgan fingerprint density at radius 1 is 0.791 bits per heavy atom. The zero-order chi connectivity index (χ0) is 30.7. The smallest absolute Gasteiger partial charge is 0.336 e. The van der Waals surface area contributed by atoms with Gasteiger partial charge < -0.3 is 30.5 Å². The van der Waals surface area contributed by atoms with Gasteiger partial charge in [-0.15, -0.1) is 0 Å². The van der Waals surface area contributed by atoms with Crippen molar-refractivity contribution in [3.8, 4) is 5.75 Å². The molecule has 43 heavy (non-hydrogen) atoms. The minimum absolute atomic E-state index is 0.0533. The summed E-state index contributed by atoms with van der Waals surface area (Å²) in [5.41, 5.74) is 2.89. The number of hydrogen-bond acceptors (Lipinski definition) is 6. The first kappa shape index (κ1) is 33.7. The van der Waals surface area contributed by atoms with Crippen molar-refractivity contribution < 1.29 is 30.0 Å². The highest BCUT2D eigenvalue weighted by Crippen LogP contribution is 2.22. The lowest BCUT2D eigenvalue weighted by atomic mass is 10.1. The van der Waals surface area contributed by atoms with Crippen LogP contribution in [-0.4, -0.2) is 52.7 Å².